The molecule has 0 unspecified atom stereocenters. The summed E-state index contributed by atoms with van der Waals surface area (Å²) in [6.45, 7) is 4.08. The average molecular weight is 301 g/mol. The van der Waals surface area contributed by atoms with Crippen molar-refractivity contribution >= 4 is 22.9 Å². The second-order valence-corrected chi connectivity index (χ2v) is 6.02. The van der Waals surface area contributed by atoms with Crippen molar-refractivity contribution in [2.75, 3.05) is 12.4 Å². The number of pyridine rings is 1. The number of nitrogens with one attached hydrogen (secondary N) is 1. The molecule has 0 radical (unpaired) electrons. The molecule has 0 amide bonds. The summed E-state index contributed by atoms with van der Waals surface area (Å²) in [6.07, 6.45) is 3.77. The number of hydrogen-bond acceptors (Lipinski definition) is 3. The molecule has 2 heterocycles. The van der Waals surface area contributed by atoms with Crippen LogP contribution < -0.4 is 10.1 Å². The summed E-state index contributed by atoms with van der Waals surface area (Å²) in [5.41, 5.74) is 3.66. The minimum atomic E-state index is -0.379. The zero-order valence-corrected chi connectivity index (χ0v) is 13.0. The van der Waals surface area contributed by atoms with Gasteiger partial charge in [-0.05, 0) is 44.2 Å². The summed E-state index contributed by atoms with van der Waals surface area (Å²) in [4.78, 5) is 4.44. The van der Waals surface area contributed by atoms with Crippen molar-refractivity contribution in [3.8, 4) is 5.75 Å². The summed E-state index contributed by atoms with van der Waals surface area (Å²) in [5, 5.41) is 3.77. The summed E-state index contributed by atoms with van der Waals surface area (Å²) in [6, 6.07) is 9.89. The second kappa shape index (κ2) is 5.08. The van der Waals surface area contributed by atoms with Gasteiger partial charge in [0.15, 0.2) is 0 Å². The van der Waals surface area contributed by atoms with Crippen molar-refractivity contribution in [3.05, 3.63) is 58.9 Å². The van der Waals surface area contributed by atoms with Crippen molar-refractivity contribution in [3.63, 3.8) is 0 Å². The molecule has 1 aliphatic heterocycles. The first-order valence-corrected chi connectivity index (χ1v) is 7.22. The quantitative estimate of drug-likeness (QED) is 0.893. The average Bonchev–Trinajstić information content (AvgIpc) is 2.45. The molecular formula is C17H17ClN2O. The number of ether oxygens (including phenoxy) is 1. The van der Waals surface area contributed by atoms with Crippen molar-refractivity contribution in [1.82, 2.24) is 4.98 Å². The highest BCUT2D eigenvalue weighted by atomic mass is 35.5. The zero-order chi connectivity index (χ0) is 15.0. The van der Waals surface area contributed by atoms with Crippen LogP contribution in [0.1, 0.15) is 25.1 Å². The first-order valence-electron chi connectivity index (χ1n) is 6.84. The fraction of sp³-hybridized carbons (Fsp3) is 0.235. The predicted octanol–water partition coefficient (Wildman–Crippen LogP) is 4.38. The molecular weight excluding hydrogens is 284 g/mol. The Morgan fingerprint density at radius 3 is 2.67 bits per heavy atom. The lowest BCUT2D eigenvalue weighted by molar-refractivity contribution is 0.158. The largest absolute Gasteiger partial charge is 0.483 e. The number of fused-ring (bicyclic) bond motifs is 1. The standard InChI is InChI=1S/C17H17ClN2O/c1-17(2)9-14(15-7-4-11(18)10-20-15)13-6-5-12(19-3)8-16(13)21-17/h4-10,19H,1-3H3. The lowest BCUT2D eigenvalue weighted by atomic mass is 9.92. The van der Waals surface area contributed by atoms with Crippen LogP contribution in [0.3, 0.4) is 0 Å². The third-order valence-electron chi connectivity index (χ3n) is 3.43. The molecule has 0 bridgehead atoms. The maximum atomic E-state index is 6.07. The Labute approximate surface area is 129 Å². The third kappa shape index (κ3) is 2.74. The van der Waals surface area contributed by atoms with Gasteiger partial charge in [0.2, 0.25) is 0 Å². The van der Waals surface area contributed by atoms with E-state index >= 15 is 0 Å². The SMILES string of the molecule is CNc1ccc2c(c1)OC(C)(C)C=C2c1ccc(Cl)cn1. The van der Waals surface area contributed by atoms with Crippen LogP contribution >= 0.6 is 11.6 Å². The number of aromatic nitrogens is 1. The van der Waals surface area contributed by atoms with Gasteiger partial charge in [-0.25, -0.2) is 0 Å². The van der Waals surface area contributed by atoms with E-state index in [4.69, 9.17) is 16.3 Å². The zero-order valence-electron chi connectivity index (χ0n) is 12.3. The monoisotopic (exact) mass is 300 g/mol. The van der Waals surface area contributed by atoms with Crippen LogP contribution in [-0.2, 0) is 0 Å². The molecule has 0 aliphatic carbocycles. The first kappa shape index (κ1) is 14.0. The fourth-order valence-electron chi connectivity index (χ4n) is 2.47. The number of nitrogens with zero attached hydrogens (tertiary/aromatic N) is 1. The number of rotatable bonds is 2. The summed E-state index contributed by atoms with van der Waals surface area (Å²) >= 11 is 5.93. The van der Waals surface area contributed by atoms with Crippen molar-refractivity contribution in [2.45, 2.75) is 19.4 Å². The summed E-state index contributed by atoms with van der Waals surface area (Å²) < 4.78 is 6.07. The highest BCUT2D eigenvalue weighted by molar-refractivity contribution is 6.30. The molecule has 1 aromatic carbocycles. The van der Waals surface area contributed by atoms with Gasteiger partial charge in [-0.15, -0.1) is 0 Å². The van der Waals surface area contributed by atoms with Gasteiger partial charge in [-0.2, -0.15) is 0 Å². The van der Waals surface area contributed by atoms with Crippen molar-refractivity contribution in [1.29, 1.82) is 0 Å². The second-order valence-electron chi connectivity index (χ2n) is 5.59. The van der Waals surface area contributed by atoms with Gasteiger partial charge in [0, 0.05) is 36.1 Å². The van der Waals surface area contributed by atoms with E-state index in [1.165, 1.54) is 0 Å². The van der Waals surface area contributed by atoms with Crippen molar-refractivity contribution in [2.24, 2.45) is 0 Å². The summed E-state index contributed by atoms with van der Waals surface area (Å²) in [5.74, 6) is 0.862. The number of anilines is 1. The first-order chi connectivity index (χ1) is 9.98. The number of benzene rings is 1. The molecule has 1 aromatic heterocycles. The molecule has 0 atom stereocenters. The van der Waals surface area contributed by atoms with Crippen molar-refractivity contribution < 1.29 is 4.74 Å². The predicted molar refractivity (Wildman–Crippen MR) is 87.0 cm³/mol. The van der Waals surface area contributed by atoms with Gasteiger partial charge in [0.25, 0.3) is 0 Å². The van der Waals surface area contributed by atoms with E-state index in [2.05, 4.69) is 22.4 Å². The third-order valence-corrected chi connectivity index (χ3v) is 3.65. The van der Waals surface area contributed by atoms with Crippen LogP contribution in [-0.4, -0.2) is 17.6 Å². The van der Waals surface area contributed by atoms with E-state index in [1.54, 1.807) is 6.20 Å². The van der Waals surface area contributed by atoms with Gasteiger partial charge in [0.05, 0.1) is 10.7 Å². The maximum absolute atomic E-state index is 6.07. The van der Waals surface area contributed by atoms with Crippen LogP contribution in [0.2, 0.25) is 5.02 Å². The molecule has 3 rings (SSSR count). The molecule has 1 N–H and O–H groups in total. The normalized spacial score (nSPS) is 15.7. The highest BCUT2D eigenvalue weighted by Gasteiger charge is 2.27. The Balaban J connectivity index is 2.15. The van der Waals surface area contributed by atoms with Gasteiger partial charge >= 0.3 is 0 Å². The Morgan fingerprint density at radius 1 is 1.19 bits per heavy atom. The highest BCUT2D eigenvalue weighted by Crippen LogP contribution is 2.40. The number of hydrogen-bond donors (Lipinski definition) is 1. The molecule has 0 saturated heterocycles. The van der Waals surface area contributed by atoms with E-state index in [-0.39, 0.29) is 5.60 Å². The van der Waals surface area contributed by atoms with Gasteiger partial charge in [-0.1, -0.05) is 11.6 Å². The Bertz CT molecular complexity index is 705. The van der Waals surface area contributed by atoms with Crippen LogP contribution in [0, 0.1) is 0 Å². The van der Waals surface area contributed by atoms with Crippen LogP contribution in [0.4, 0.5) is 5.69 Å². The lowest BCUT2D eigenvalue weighted by Crippen LogP contribution is -2.29. The minimum Gasteiger partial charge on any atom is -0.483 e. The van der Waals surface area contributed by atoms with E-state index in [0.717, 1.165) is 28.3 Å². The smallest absolute Gasteiger partial charge is 0.130 e. The fourth-order valence-corrected chi connectivity index (χ4v) is 2.58. The Morgan fingerprint density at radius 2 is 2.00 bits per heavy atom. The molecule has 108 valence electrons. The number of halogens is 1. The maximum Gasteiger partial charge on any atom is 0.130 e. The lowest BCUT2D eigenvalue weighted by Gasteiger charge is -2.31. The molecule has 0 saturated carbocycles. The van der Waals surface area contributed by atoms with E-state index < -0.39 is 0 Å². The van der Waals surface area contributed by atoms with Crippen LogP contribution in [0.15, 0.2) is 42.6 Å². The molecule has 1 aliphatic rings. The molecule has 4 heteroatoms. The summed E-state index contributed by atoms with van der Waals surface area (Å²) in [7, 11) is 1.90. The van der Waals surface area contributed by atoms with E-state index in [0.29, 0.717) is 5.02 Å². The van der Waals surface area contributed by atoms with E-state index in [1.807, 2.05) is 45.2 Å². The molecule has 0 fully saturated rings. The molecule has 0 spiro atoms. The van der Waals surface area contributed by atoms with E-state index in [9.17, 15) is 0 Å². The molecule has 21 heavy (non-hydrogen) atoms. The van der Waals surface area contributed by atoms with Gasteiger partial charge < -0.3 is 10.1 Å². The Hall–Kier alpha value is -2.00. The Kier molecular flexibility index (Phi) is 3.38. The topological polar surface area (TPSA) is 34.1 Å². The molecule has 3 nitrogen and oxygen atoms in total. The van der Waals surface area contributed by atoms with Crippen LogP contribution in [0.5, 0.6) is 5.75 Å². The van der Waals surface area contributed by atoms with Crippen LogP contribution in [0.25, 0.3) is 5.57 Å². The molecule has 2 aromatic rings. The minimum absolute atomic E-state index is 0.379. The van der Waals surface area contributed by atoms with Gasteiger partial charge in [-0.3, -0.25) is 4.98 Å². The van der Waals surface area contributed by atoms with Gasteiger partial charge in [0.1, 0.15) is 11.4 Å².